The Morgan fingerprint density at radius 1 is 1.08 bits per heavy atom. The molecule has 1 aromatic carbocycles. The summed E-state index contributed by atoms with van der Waals surface area (Å²) >= 11 is 0. The second-order valence-electron chi connectivity index (χ2n) is 9.28. The van der Waals surface area contributed by atoms with E-state index in [1.54, 1.807) is 0 Å². The molecule has 4 saturated carbocycles. The van der Waals surface area contributed by atoms with Gasteiger partial charge in [-0.25, -0.2) is 0 Å². The minimum absolute atomic E-state index is 0.198. The number of carbonyl (C=O) groups excluding carboxylic acids is 1. The topological polar surface area (TPSA) is 46.5 Å². The second-order valence-corrected chi connectivity index (χ2v) is 9.28. The highest BCUT2D eigenvalue weighted by molar-refractivity contribution is 5.78. The molecule has 0 saturated heterocycles. The normalized spacial score (nSPS) is 36.5. The predicted octanol–water partition coefficient (Wildman–Crippen LogP) is 4.67. The van der Waals surface area contributed by atoms with Crippen LogP contribution in [-0.4, -0.2) is 11.1 Å². The summed E-state index contributed by atoms with van der Waals surface area (Å²) in [5.74, 6) is 2.84. The van der Waals surface area contributed by atoms with Gasteiger partial charge in [-0.2, -0.15) is 0 Å². The Bertz CT molecular complexity index is 630. The van der Waals surface area contributed by atoms with Crippen molar-refractivity contribution in [3.05, 3.63) is 29.8 Å². The van der Waals surface area contributed by atoms with Gasteiger partial charge in [0.1, 0.15) is 5.75 Å². The van der Waals surface area contributed by atoms with Crippen molar-refractivity contribution >= 4 is 5.97 Å². The lowest BCUT2D eigenvalue weighted by molar-refractivity contribution is -0.179. The Morgan fingerprint density at radius 3 is 2.08 bits per heavy atom. The van der Waals surface area contributed by atoms with E-state index in [2.05, 4.69) is 0 Å². The molecule has 1 N–H and O–H groups in total. The first-order chi connectivity index (χ1) is 11.8. The van der Waals surface area contributed by atoms with E-state index in [0.29, 0.717) is 17.6 Å². The van der Waals surface area contributed by atoms with Crippen LogP contribution < -0.4 is 4.74 Å². The van der Waals surface area contributed by atoms with Crippen molar-refractivity contribution in [2.75, 3.05) is 0 Å². The number of ether oxygens (including phenoxy) is 1. The van der Waals surface area contributed by atoms with E-state index in [9.17, 15) is 9.90 Å². The summed E-state index contributed by atoms with van der Waals surface area (Å²) in [6.45, 7) is 5.80. The number of hydrogen-bond acceptors (Lipinski definition) is 3. The van der Waals surface area contributed by atoms with Gasteiger partial charge < -0.3 is 9.84 Å². The van der Waals surface area contributed by atoms with E-state index in [4.69, 9.17) is 4.74 Å². The zero-order chi connectivity index (χ0) is 17.8. The van der Waals surface area contributed by atoms with Gasteiger partial charge in [0, 0.05) is 0 Å². The van der Waals surface area contributed by atoms with Crippen LogP contribution in [0.15, 0.2) is 24.3 Å². The number of aliphatic hydroxyl groups is 1. The SMILES string of the molecule is CCC(C)(C)C(=O)Oc1ccc(C2(O)C3CC4CC(C3)CC2C4)cc1. The van der Waals surface area contributed by atoms with Gasteiger partial charge in [0.25, 0.3) is 0 Å². The number of rotatable bonds is 4. The Balaban J connectivity index is 1.53. The fourth-order valence-electron chi connectivity index (χ4n) is 5.55. The summed E-state index contributed by atoms with van der Waals surface area (Å²) in [7, 11) is 0. The molecule has 4 fully saturated rings. The molecule has 5 rings (SSSR count). The van der Waals surface area contributed by atoms with Crippen LogP contribution in [-0.2, 0) is 10.4 Å². The van der Waals surface area contributed by atoms with Crippen LogP contribution in [0.4, 0.5) is 0 Å². The minimum atomic E-state index is -0.682. The molecule has 4 aliphatic carbocycles. The Labute approximate surface area is 150 Å². The second kappa shape index (κ2) is 5.84. The maximum absolute atomic E-state index is 12.2. The van der Waals surface area contributed by atoms with Crippen LogP contribution in [0.5, 0.6) is 5.75 Å². The lowest BCUT2D eigenvalue weighted by atomic mass is 9.48. The van der Waals surface area contributed by atoms with Crippen LogP contribution in [0.2, 0.25) is 0 Å². The zero-order valence-electron chi connectivity index (χ0n) is 15.6. The summed E-state index contributed by atoms with van der Waals surface area (Å²) in [5, 5.41) is 11.6. The maximum atomic E-state index is 12.2. The molecule has 0 heterocycles. The zero-order valence-corrected chi connectivity index (χ0v) is 15.6. The summed E-state index contributed by atoms with van der Waals surface area (Å²) in [6, 6.07) is 7.65. The fourth-order valence-corrected chi connectivity index (χ4v) is 5.55. The summed E-state index contributed by atoms with van der Waals surface area (Å²) in [5.41, 5.74) is -0.146. The molecule has 25 heavy (non-hydrogen) atoms. The van der Waals surface area contributed by atoms with E-state index in [0.717, 1.165) is 23.8 Å². The standard InChI is InChI=1S/C22H30O3/c1-4-21(2,3)20(23)25-19-7-5-16(6-8-19)22(24)17-10-14-9-15(12-17)13-18(22)11-14/h5-8,14-15,17-18,24H,4,9-13H2,1-3H3. The number of benzene rings is 1. The minimum Gasteiger partial charge on any atom is -0.426 e. The van der Waals surface area contributed by atoms with Crippen LogP contribution >= 0.6 is 0 Å². The van der Waals surface area contributed by atoms with Gasteiger partial charge >= 0.3 is 5.97 Å². The first-order valence-corrected chi connectivity index (χ1v) is 9.88. The van der Waals surface area contributed by atoms with Gasteiger partial charge in [-0.3, -0.25) is 4.79 Å². The summed E-state index contributed by atoms with van der Waals surface area (Å²) < 4.78 is 5.54. The van der Waals surface area contributed by atoms with Crippen LogP contribution in [0.3, 0.4) is 0 Å². The van der Waals surface area contributed by atoms with Crippen LogP contribution in [0.1, 0.15) is 64.9 Å². The first-order valence-electron chi connectivity index (χ1n) is 9.88. The monoisotopic (exact) mass is 342 g/mol. The fraction of sp³-hybridized carbons (Fsp3) is 0.682. The van der Waals surface area contributed by atoms with Crippen molar-refractivity contribution < 1.29 is 14.6 Å². The molecule has 0 radical (unpaired) electrons. The average Bonchev–Trinajstić information content (AvgIpc) is 2.59. The molecule has 0 unspecified atom stereocenters. The molecule has 1 aromatic rings. The summed E-state index contributed by atoms with van der Waals surface area (Å²) in [4.78, 5) is 12.2. The van der Waals surface area contributed by atoms with Gasteiger partial charge in [-0.05, 0) is 93.7 Å². The van der Waals surface area contributed by atoms with E-state index in [1.807, 2.05) is 45.0 Å². The van der Waals surface area contributed by atoms with Gasteiger partial charge in [-0.15, -0.1) is 0 Å². The molecule has 3 heteroatoms. The van der Waals surface area contributed by atoms with Crippen molar-refractivity contribution in [3.63, 3.8) is 0 Å². The smallest absolute Gasteiger partial charge is 0.316 e. The molecule has 0 atom stereocenters. The number of carbonyl (C=O) groups is 1. The number of esters is 1. The van der Waals surface area contributed by atoms with Gasteiger partial charge in [0.15, 0.2) is 0 Å². The Morgan fingerprint density at radius 2 is 1.60 bits per heavy atom. The van der Waals surface area contributed by atoms with Crippen molar-refractivity contribution in [3.8, 4) is 5.75 Å². The maximum Gasteiger partial charge on any atom is 0.316 e. The molecular weight excluding hydrogens is 312 g/mol. The summed E-state index contributed by atoms with van der Waals surface area (Å²) in [6.07, 6.45) is 6.81. The van der Waals surface area contributed by atoms with Gasteiger partial charge in [0.05, 0.1) is 11.0 Å². The van der Waals surface area contributed by atoms with E-state index in [-0.39, 0.29) is 5.97 Å². The van der Waals surface area contributed by atoms with Crippen molar-refractivity contribution in [1.82, 2.24) is 0 Å². The lowest BCUT2D eigenvalue weighted by Crippen LogP contribution is -2.55. The number of hydrogen-bond donors (Lipinski definition) is 1. The molecule has 0 aromatic heterocycles. The van der Waals surface area contributed by atoms with Gasteiger partial charge in [-0.1, -0.05) is 19.1 Å². The van der Waals surface area contributed by atoms with Crippen molar-refractivity contribution in [2.24, 2.45) is 29.1 Å². The van der Waals surface area contributed by atoms with Crippen molar-refractivity contribution in [1.29, 1.82) is 0 Å². The molecular formula is C22H30O3. The molecule has 136 valence electrons. The Kier molecular flexibility index (Phi) is 3.99. The quantitative estimate of drug-likeness (QED) is 0.639. The third-order valence-corrected chi connectivity index (χ3v) is 7.35. The highest BCUT2D eigenvalue weighted by Crippen LogP contribution is 2.61. The lowest BCUT2D eigenvalue weighted by Gasteiger charge is -2.59. The molecule has 4 aliphatic rings. The highest BCUT2D eigenvalue weighted by atomic mass is 16.5. The molecule has 0 aliphatic heterocycles. The van der Waals surface area contributed by atoms with E-state index >= 15 is 0 Å². The average molecular weight is 342 g/mol. The van der Waals surface area contributed by atoms with Crippen LogP contribution in [0.25, 0.3) is 0 Å². The third kappa shape index (κ3) is 2.71. The highest BCUT2D eigenvalue weighted by Gasteiger charge is 2.57. The molecule has 3 nitrogen and oxygen atoms in total. The van der Waals surface area contributed by atoms with E-state index < -0.39 is 11.0 Å². The predicted molar refractivity (Wildman–Crippen MR) is 97.1 cm³/mol. The molecule has 4 bridgehead atoms. The van der Waals surface area contributed by atoms with Gasteiger partial charge in [0.2, 0.25) is 0 Å². The van der Waals surface area contributed by atoms with Crippen molar-refractivity contribution in [2.45, 2.75) is 64.9 Å². The van der Waals surface area contributed by atoms with E-state index in [1.165, 1.54) is 32.1 Å². The largest absolute Gasteiger partial charge is 0.426 e. The third-order valence-electron chi connectivity index (χ3n) is 7.35. The Hall–Kier alpha value is -1.35. The molecule has 0 amide bonds. The van der Waals surface area contributed by atoms with Crippen LogP contribution in [0, 0.1) is 29.1 Å². The first kappa shape index (κ1) is 17.1. The molecule has 0 spiro atoms.